The number of halogens is 1. The number of hydrogen-bond donors (Lipinski definition) is 1. The van der Waals surface area contributed by atoms with Crippen LogP contribution < -0.4 is 10.0 Å². The zero-order valence-electron chi connectivity index (χ0n) is 16.4. The molecule has 3 atom stereocenters. The van der Waals surface area contributed by atoms with Crippen LogP contribution in [-0.2, 0) is 20.5 Å². The van der Waals surface area contributed by atoms with Crippen molar-refractivity contribution in [1.82, 2.24) is 4.72 Å². The van der Waals surface area contributed by atoms with E-state index in [9.17, 15) is 13.5 Å². The van der Waals surface area contributed by atoms with Gasteiger partial charge in [-0.3, -0.25) is 4.57 Å². The van der Waals surface area contributed by atoms with Gasteiger partial charge in [-0.1, -0.05) is 24.3 Å². The molecule has 1 N–H and O–H groups in total. The van der Waals surface area contributed by atoms with Crippen molar-refractivity contribution in [3.05, 3.63) is 65.5 Å². The van der Waals surface area contributed by atoms with E-state index < -0.39 is 23.5 Å². The van der Waals surface area contributed by atoms with Gasteiger partial charge in [-0.15, -0.1) is 4.72 Å². The molecule has 4 nitrogen and oxygen atoms in total. The SMILES string of the molecule is CCOP(C)(=O)c1ccc([C@H](N[S+]([O-])C(C)(C)C)c2ccc(F)cc2)cc1. The van der Waals surface area contributed by atoms with E-state index in [1.54, 1.807) is 37.9 Å². The summed E-state index contributed by atoms with van der Waals surface area (Å²) in [5, 5.41) is 0.628. The summed E-state index contributed by atoms with van der Waals surface area (Å²) in [6, 6.07) is 12.9. The van der Waals surface area contributed by atoms with E-state index >= 15 is 0 Å². The molecule has 2 aromatic carbocycles. The first kappa shape index (κ1) is 22.1. The molecule has 0 radical (unpaired) electrons. The second-order valence-corrected chi connectivity index (χ2v) is 11.8. The standard InChI is InChI=1S/C20H27FNO3PS/c1-6-25-26(5,23)18-13-9-16(10-14-18)19(22-27(24)20(2,3)4)15-7-11-17(21)12-8-15/h7-14,19,22H,6H2,1-5H3/t19-,26?,27?/m1/s1. The summed E-state index contributed by atoms with van der Waals surface area (Å²) in [6.45, 7) is 9.43. The Morgan fingerprint density at radius 3 is 2.04 bits per heavy atom. The van der Waals surface area contributed by atoms with Crippen molar-refractivity contribution >= 4 is 24.0 Å². The van der Waals surface area contributed by atoms with E-state index in [0.717, 1.165) is 11.1 Å². The van der Waals surface area contributed by atoms with E-state index in [4.69, 9.17) is 4.52 Å². The lowest BCUT2D eigenvalue weighted by atomic mass is 10.00. The van der Waals surface area contributed by atoms with Crippen LogP contribution in [0.1, 0.15) is 44.9 Å². The molecule has 0 heterocycles. The molecule has 0 aliphatic carbocycles. The van der Waals surface area contributed by atoms with Gasteiger partial charge in [0.15, 0.2) is 0 Å². The first-order valence-corrected chi connectivity index (χ1v) is 12.0. The lowest BCUT2D eigenvalue weighted by Crippen LogP contribution is -2.41. The maximum absolute atomic E-state index is 13.3. The van der Waals surface area contributed by atoms with Gasteiger partial charge in [0.1, 0.15) is 16.6 Å². The van der Waals surface area contributed by atoms with Gasteiger partial charge in [0.25, 0.3) is 0 Å². The fourth-order valence-corrected chi connectivity index (χ4v) is 4.70. The molecule has 0 saturated heterocycles. The number of benzene rings is 2. The summed E-state index contributed by atoms with van der Waals surface area (Å²) in [5.41, 5.74) is 1.64. The Labute approximate surface area is 164 Å². The number of rotatable bonds is 7. The molecule has 0 aromatic heterocycles. The Bertz CT molecular complexity index is 790. The van der Waals surface area contributed by atoms with Crippen molar-refractivity contribution in [3.8, 4) is 0 Å². The molecule has 0 bridgehead atoms. The van der Waals surface area contributed by atoms with Gasteiger partial charge in [-0.25, -0.2) is 4.39 Å². The van der Waals surface area contributed by atoms with Crippen LogP contribution in [0.4, 0.5) is 4.39 Å². The summed E-state index contributed by atoms with van der Waals surface area (Å²) in [6.07, 6.45) is 0. The maximum atomic E-state index is 13.3. The van der Waals surface area contributed by atoms with Crippen molar-refractivity contribution in [3.63, 3.8) is 0 Å². The molecule has 0 aliphatic heterocycles. The molecule has 2 unspecified atom stereocenters. The molecule has 27 heavy (non-hydrogen) atoms. The second kappa shape index (κ2) is 8.89. The monoisotopic (exact) mass is 411 g/mol. The summed E-state index contributed by atoms with van der Waals surface area (Å²) in [4.78, 5) is 0. The van der Waals surface area contributed by atoms with E-state index in [1.165, 1.54) is 12.1 Å². The van der Waals surface area contributed by atoms with Crippen LogP contribution in [0.2, 0.25) is 0 Å². The smallest absolute Gasteiger partial charge is 0.229 e. The number of nitrogens with one attached hydrogen (secondary N) is 1. The van der Waals surface area contributed by atoms with Crippen LogP contribution in [-0.4, -0.2) is 22.6 Å². The van der Waals surface area contributed by atoms with E-state index in [2.05, 4.69) is 4.72 Å². The number of hydrogen-bond acceptors (Lipinski definition) is 4. The van der Waals surface area contributed by atoms with Crippen molar-refractivity contribution in [2.45, 2.75) is 38.5 Å². The molecule has 0 aliphatic rings. The van der Waals surface area contributed by atoms with Gasteiger partial charge in [0, 0.05) is 23.3 Å². The van der Waals surface area contributed by atoms with Gasteiger partial charge in [-0.05, 0) is 63.1 Å². The van der Waals surface area contributed by atoms with Crippen LogP contribution in [0.15, 0.2) is 48.5 Å². The Hall–Kier alpha value is -1.17. The minimum Gasteiger partial charge on any atom is -0.598 e. The lowest BCUT2D eigenvalue weighted by molar-refractivity contribution is 0.345. The summed E-state index contributed by atoms with van der Waals surface area (Å²) < 4.78 is 46.6. The largest absolute Gasteiger partial charge is 0.598 e. The van der Waals surface area contributed by atoms with E-state index in [1.807, 2.05) is 32.9 Å². The average molecular weight is 411 g/mol. The highest BCUT2D eigenvalue weighted by atomic mass is 32.2. The molecule has 7 heteroatoms. The van der Waals surface area contributed by atoms with Gasteiger partial charge in [-0.2, -0.15) is 0 Å². The maximum Gasteiger partial charge on any atom is 0.229 e. The lowest BCUT2D eigenvalue weighted by Gasteiger charge is -2.28. The minimum atomic E-state index is -2.86. The quantitative estimate of drug-likeness (QED) is 0.537. The summed E-state index contributed by atoms with van der Waals surface area (Å²) >= 11 is -1.32. The van der Waals surface area contributed by atoms with Crippen LogP contribution in [0.3, 0.4) is 0 Å². The average Bonchev–Trinajstić information content (AvgIpc) is 2.59. The third kappa shape index (κ3) is 5.90. The molecule has 0 amide bonds. The minimum absolute atomic E-state index is 0.326. The molecule has 2 aromatic rings. The van der Waals surface area contributed by atoms with Crippen molar-refractivity contribution < 1.29 is 18.0 Å². The predicted molar refractivity (Wildman–Crippen MR) is 111 cm³/mol. The molecular formula is C20H27FNO3PS. The van der Waals surface area contributed by atoms with E-state index in [-0.39, 0.29) is 11.9 Å². The highest BCUT2D eigenvalue weighted by molar-refractivity contribution is 7.90. The second-order valence-electron chi connectivity index (χ2n) is 7.34. The van der Waals surface area contributed by atoms with Crippen LogP contribution >= 0.6 is 7.37 Å². The third-order valence-electron chi connectivity index (χ3n) is 4.06. The fraction of sp³-hybridized carbons (Fsp3) is 0.400. The van der Waals surface area contributed by atoms with Gasteiger partial charge in [0.05, 0.1) is 6.61 Å². The zero-order valence-corrected chi connectivity index (χ0v) is 18.1. The first-order valence-electron chi connectivity index (χ1n) is 8.80. The van der Waals surface area contributed by atoms with Crippen molar-refractivity contribution in [2.75, 3.05) is 13.3 Å². The van der Waals surface area contributed by atoms with Gasteiger partial charge in [0.2, 0.25) is 7.37 Å². The first-order chi connectivity index (χ1) is 12.5. The van der Waals surface area contributed by atoms with Gasteiger partial charge < -0.3 is 9.08 Å². The predicted octanol–water partition coefficient (Wildman–Crippen LogP) is 4.54. The van der Waals surface area contributed by atoms with Crippen LogP contribution in [0.25, 0.3) is 0 Å². The van der Waals surface area contributed by atoms with Crippen molar-refractivity contribution in [2.24, 2.45) is 0 Å². The fourth-order valence-electron chi connectivity index (χ4n) is 2.53. The Morgan fingerprint density at radius 1 is 1.11 bits per heavy atom. The molecule has 0 saturated carbocycles. The zero-order chi connectivity index (χ0) is 20.2. The Morgan fingerprint density at radius 2 is 1.59 bits per heavy atom. The summed E-state index contributed by atoms with van der Waals surface area (Å²) in [5.74, 6) is -0.326. The van der Waals surface area contributed by atoms with Crippen LogP contribution in [0, 0.1) is 5.82 Å². The third-order valence-corrected chi connectivity index (χ3v) is 7.60. The molecule has 2 rings (SSSR count). The Balaban J connectivity index is 2.38. The molecule has 0 fully saturated rings. The topological polar surface area (TPSA) is 61.4 Å². The molecule has 148 valence electrons. The highest BCUT2D eigenvalue weighted by Crippen LogP contribution is 2.41. The Kier molecular flexibility index (Phi) is 7.28. The molecule has 0 spiro atoms. The normalized spacial score (nSPS) is 16.6. The van der Waals surface area contributed by atoms with Gasteiger partial charge >= 0.3 is 0 Å². The van der Waals surface area contributed by atoms with Crippen molar-refractivity contribution in [1.29, 1.82) is 0 Å². The highest BCUT2D eigenvalue weighted by Gasteiger charge is 2.31. The molecular weight excluding hydrogens is 384 g/mol. The van der Waals surface area contributed by atoms with E-state index in [0.29, 0.717) is 11.9 Å². The summed E-state index contributed by atoms with van der Waals surface area (Å²) in [7, 11) is -2.86. The van der Waals surface area contributed by atoms with Crippen LogP contribution in [0.5, 0.6) is 0 Å².